The molecule has 1 aliphatic heterocycles. The third kappa shape index (κ3) is 6.91. The van der Waals surface area contributed by atoms with Crippen molar-refractivity contribution in [2.75, 3.05) is 26.0 Å². The van der Waals surface area contributed by atoms with Crippen molar-refractivity contribution in [3.8, 4) is 0 Å². The SMILES string of the molecule is CC(C)(C)OC(=O)N1CCC(=CCOS(C)(=O)=O)CC1. The molecule has 0 aromatic carbocycles. The Balaban J connectivity index is 2.40. The highest BCUT2D eigenvalue weighted by atomic mass is 32.2. The first-order chi connectivity index (χ1) is 9.07. The molecule has 1 saturated heterocycles. The Morgan fingerprint density at radius 2 is 1.85 bits per heavy atom. The number of nitrogens with zero attached hydrogens (tertiary/aromatic N) is 1. The molecule has 0 N–H and O–H groups in total. The Hall–Kier alpha value is -1.08. The largest absolute Gasteiger partial charge is 0.444 e. The van der Waals surface area contributed by atoms with Crippen LogP contribution in [0.5, 0.6) is 0 Å². The first-order valence-electron chi connectivity index (χ1n) is 6.57. The first-order valence-corrected chi connectivity index (χ1v) is 8.39. The lowest BCUT2D eigenvalue weighted by atomic mass is 10.0. The highest BCUT2D eigenvalue weighted by Gasteiger charge is 2.24. The number of hydrogen-bond acceptors (Lipinski definition) is 5. The summed E-state index contributed by atoms with van der Waals surface area (Å²) in [6, 6.07) is 0. The predicted octanol–water partition coefficient (Wildman–Crippen LogP) is 1.92. The van der Waals surface area contributed by atoms with Crippen molar-refractivity contribution in [3.05, 3.63) is 11.6 Å². The molecule has 0 aromatic heterocycles. The summed E-state index contributed by atoms with van der Waals surface area (Å²) in [6.45, 7) is 6.73. The van der Waals surface area contributed by atoms with Gasteiger partial charge in [0.2, 0.25) is 0 Å². The molecule has 6 nitrogen and oxygen atoms in total. The van der Waals surface area contributed by atoms with Crippen LogP contribution in [0.15, 0.2) is 11.6 Å². The summed E-state index contributed by atoms with van der Waals surface area (Å²) < 4.78 is 31.6. The van der Waals surface area contributed by atoms with Gasteiger partial charge in [-0.25, -0.2) is 4.79 Å². The van der Waals surface area contributed by atoms with Crippen LogP contribution in [0.4, 0.5) is 4.79 Å². The van der Waals surface area contributed by atoms with E-state index in [1.54, 1.807) is 11.0 Å². The van der Waals surface area contributed by atoms with Crippen molar-refractivity contribution in [1.29, 1.82) is 0 Å². The van der Waals surface area contributed by atoms with Crippen molar-refractivity contribution in [2.45, 2.75) is 39.2 Å². The summed E-state index contributed by atoms with van der Waals surface area (Å²) in [5, 5.41) is 0. The number of likely N-dealkylation sites (tertiary alicyclic amines) is 1. The van der Waals surface area contributed by atoms with Crippen molar-refractivity contribution in [3.63, 3.8) is 0 Å². The molecule has 0 atom stereocenters. The van der Waals surface area contributed by atoms with E-state index >= 15 is 0 Å². The number of rotatable bonds is 3. The predicted molar refractivity (Wildman–Crippen MR) is 75.9 cm³/mol. The van der Waals surface area contributed by atoms with Gasteiger partial charge in [-0.3, -0.25) is 4.18 Å². The van der Waals surface area contributed by atoms with Gasteiger partial charge in [0.1, 0.15) is 5.60 Å². The molecular weight excluding hydrogens is 282 g/mol. The number of amides is 1. The Labute approximate surface area is 120 Å². The highest BCUT2D eigenvalue weighted by molar-refractivity contribution is 7.85. The monoisotopic (exact) mass is 305 g/mol. The van der Waals surface area contributed by atoms with Crippen molar-refractivity contribution in [2.24, 2.45) is 0 Å². The second-order valence-electron chi connectivity index (χ2n) is 5.82. The summed E-state index contributed by atoms with van der Waals surface area (Å²) in [6.07, 6.45) is 3.92. The van der Waals surface area contributed by atoms with Crippen LogP contribution < -0.4 is 0 Å². The topological polar surface area (TPSA) is 72.9 Å². The van der Waals surface area contributed by atoms with E-state index in [-0.39, 0.29) is 12.7 Å². The van der Waals surface area contributed by atoms with Crippen LogP contribution in [-0.4, -0.2) is 51.0 Å². The molecule has 20 heavy (non-hydrogen) atoms. The van der Waals surface area contributed by atoms with E-state index in [0.29, 0.717) is 25.9 Å². The molecular formula is C13H23NO5S. The van der Waals surface area contributed by atoms with E-state index in [1.165, 1.54) is 0 Å². The van der Waals surface area contributed by atoms with Crippen LogP contribution in [0.25, 0.3) is 0 Å². The van der Waals surface area contributed by atoms with Crippen LogP contribution in [-0.2, 0) is 19.0 Å². The Bertz CT molecular complexity index is 465. The van der Waals surface area contributed by atoms with Gasteiger partial charge in [-0.15, -0.1) is 0 Å². The first kappa shape index (κ1) is 17.0. The van der Waals surface area contributed by atoms with Crippen LogP contribution in [0, 0.1) is 0 Å². The highest BCUT2D eigenvalue weighted by Crippen LogP contribution is 2.18. The third-order valence-corrected chi connectivity index (χ3v) is 3.28. The van der Waals surface area contributed by atoms with E-state index in [1.807, 2.05) is 20.8 Å². The summed E-state index contributed by atoms with van der Waals surface area (Å²) in [7, 11) is -3.40. The van der Waals surface area contributed by atoms with Crippen LogP contribution >= 0.6 is 0 Å². The maximum atomic E-state index is 11.8. The fourth-order valence-electron chi connectivity index (χ4n) is 1.78. The molecule has 7 heteroatoms. The van der Waals surface area contributed by atoms with Gasteiger partial charge >= 0.3 is 6.09 Å². The molecule has 1 aliphatic rings. The minimum atomic E-state index is -3.40. The van der Waals surface area contributed by atoms with Gasteiger partial charge in [-0.05, 0) is 33.6 Å². The van der Waals surface area contributed by atoms with E-state index in [2.05, 4.69) is 4.18 Å². The number of hydrogen-bond donors (Lipinski definition) is 0. The second-order valence-corrected chi connectivity index (χ2v) is 7.46. The summed E-state index contributed by atoms with van der Waals surface area (Å²) in [5.74, 6) is 0. The average Bonchev–Trinajstić information content (AvgIpc) is 2.25. The molecule has 0 radical (unpaired) electrons. The van der Waals surface area contributed by atoms with Crippen molar-refractivity contribution < 1.29 is 22.1 Å². The minimum absolute atomic E-state index is 0.0562. The zero-order valence-electron chi connectivity index (χ0n) is 12.5. The lowest BCUT2D eigenvalue weighted by molar-refractivity contribution is 0.0236. The zero-order valence-corrected chi connectivity index (χ0v) is 13.3. The van der Waals surface area contributed by atoms with Gasteiger partial charge in [-0.1, -0.05) is 11.6 Å². The molecule has 0 spiro atoms. The third-order valence-electron chi connectivity index (χ3n) is 2.71. The molecule has 1 rings (SSSR count). The van der Waals surface area contributed by atoms with Gasteiger partial charge in [0.05, 0.1) is 12.9 Å². The average molecular weight is 305 g/mol. The van der Waals surface area contributed by atoms with Gasteiger partial charge in [0.25, 0.3) is 10.1 Å². The Morgan fingerprint density at radius 1 is 1.30 bits per heavy atom. The zero-order chi connectivity index (χ0) is 15.4. The van der Waals surface area contributed by atoms with Gasteiger partial charge < -0.3 is 9.64 Å². The molecule has 0 aliphatic carbocycles. The Kier molecular flexibility index (Phi) is 5.59. The normalized spacial score (nSPS) is 17.0. The maximum Gasteiger partial charge on any atom is 0.410 e. The molecule has 1 fully saturated rings. The standard InChI is InChI=1S/C13H23NO5S/c1-13(2,3)19-12(15)14-8-5-11(6-9-14)7-10-18-20(4,16)17/h7H,5-6,8-10H2,1-4H3. The van der Waals surface area contributed by atoms with Crippen molar-refractivity contribution >= 4 is 16.2 Å². The second kappa shape index (κ2) is 6.58. The molecule has 0 aromatic rings. The summed E-state index contributed by atoms with van der Waals surface area (Å²) in [5.41, 5.74) is 0.615. The smallest absolute Gasteiger partial charge is 0.410 e. The van der Waals surface area contributed by atoms with Crippen LogP contribution in [0.3, 0.4) is 0 Å². The van der Waals surface area contributed by atoms with E-state index in [9.17, 15) is 13.2 Å². The van der Waals surface area contributed by atoms with E-state index < -0.39 is 15.7 Å². The molecule has 1 heterocycles. The molecule has 0 bridgehead atoms. The molecule has 0 saturated carbocycles. The van der Waals surface area contributed by atoms with Gasteiger partial charge in [-0.2, -0.15) is 8.42 Å². The fourth-order valence-corrected chi connectivity index (χ4v) is 2.10. The van der Waals surface area contributed by atoms with E-state index in [0.717, 1.165) is 11.8 Å². The lowest BCUT2D eigenvalue weighted by Crippen LogP contribution is -2.40. The fraction of sp³-hybridized carbons (Fsp3) is 0.769. The number of carbonyl (C=O) groups excluding carboxylic acids is 1. The van der Waals surface area contributed by atoms with Gasteiger partial charge in [0, 0.05) is 13.1 Å². The number of piperidine rings is 1. The quantitative estimate of drug-likeness (QED) is 0.588. The molecule has 116 valence electrons. The summed E-state index contributed by atoms with van der Waals surface area (Å²) >= 11 is 0. The number of ether oxygens (including phenoxy) is 1. The van der Waals surface area contributed by atoms with E-state index in [4.69, 9.17) is 4.74 Å². The summed E-state index contributed by atoms with van der Waals surface area (Å²) in [4.78, 5) is 13.5. The number of carbonyl (C=O) groups is 1. The Morgan fingerprint density at radius 3 is 2.30 bits per heavy atom. The van der Waals surface area contributed by atoms with Crippen LogP contribution in [0.2, 0.25) is 0 Å². The van der Waals surface area contributed by atoms with Crippen molar-refractivity contribution in [1.82, 2.24) is 4.90 Å². The van der Waals surface area contributed by atoms with Crippen LogP contribution in [0.1, 0.15) is 33.6 Å². The maximum absolute atomic E-state index is 11.8. The van der Waals surface area contributed by atoms with Gasteiger partial charge in [0.15, 0.2) is 0 Å². The minimum Gasteiger partial charge on any atom is -0.444 e. The lowest BCUT2D eigenvalue weighted by Gasteiger charge is -2.31. The molecule has 0 unspecified atom stereocenters. The molecule has 1 amide bonds.